The highest BCUT2D eigenvalue weighted by molar-refractivity contribution is 5.81. The van der Waals surface area contributed by atoms with Gasteiger partial charge in [0.2, 0.25) is 0 Å². The Balaban J connectivity index is 2.08. The van der Waals surface area contributed by atoms with Crippen LogP contribution in [0.25, 0.3) is 11.0 Å². The fourth-order valence-corrected chi connectivity index (χ4v) is 2.14. The lowest BCUT2D eigenvalue weighted by Gasteiger charge is -2.20. The van der Waals surface area contributed by atoms with Crippen LogP contribution in [0.3, 0.4) is 0 Å². The van der Waals surface area contributed by atoms with Crippen molar-refractivity contribution in [2.75, 3.05) is 17.7 Å². The molecule has 0 spiro atoms. The summed E-state index contributed by atoms with van der Waals surface area (Å²) in [6.45, 7) is 2.06. The molecule has 0 saturated carbocycles. The number of aromatic nitrogens is 2. The number of nitrogens with two attached hydrogens (primary N) is 1. The second kappa shape index (κ2) is 4.81. The summed E-state index contributed by atoms with van der Waals surface area (Å²) in [7, 11) is 1.94. The van der Waals surface area contributed by atoms with E-state index in [9.17, 15) is 0 Å². The summed E-state index contributed by atoms with van der Waals surface area (Å²) in [4.78, 5) is 11.0. The number of anilines is 3. The van der Waals surface area contributed by atoms with Crippen molar-refractivity contribution in [3.05, 3.63) is 54.1 Å². The molecule has 0 saturated heterocycles. The zero-order chi connectivity index (χ0) is 14.1. The molecular weight excluding hydrogens is 248 g/mol. The normalized spacial score (nSPS) is 10.7. The number of rotatable bonds is 2. The summed E-state index contributed by atoms with van der Waals surface area (Å²) in [6.07, 6.45) is 0. The number of hydrogen-bond acceptors (Lipinski definition) is 4. The molecule has 100 valence electrons. The van der Waals surface area contributed by atoms with Gasteiger partial charge in [-0.25, -0.2) is 9.97 Å². The molecule has 1 aromatic heterocycles. The van der Waals surface area contributed by atoms with Crippen molar-refractivity contribution in [3.8, 4) is 0 Å². The lowest BCUT2D eigenvalue weighted by molar-refractivity contribution is 1.13. The first-order chi connectivity index (χ1) is 9.65. The highest BCUT2D eigenvalue weighted by Gasteiger charge is 2.11. The van der Waals surface area contributed by atoms with E-state index in [0.717, 1.165) is 16.7 Å². The highest BCUT2D eigenvalue weighted by Crippen LogP contribution is 2.27. The van der Waals surface area contributed by atoms with Crippen LogP contribution in [0, 0.1) is 6.92 Å². The predicted octanol–water partition coefficient (Wildman–Crippen LogP) is 3.29. The molecule has 3 rings (SSSR count). The first-order valence-electron chi connectivity index (χ1n) is 6.48. The minimum atomic E-state index is 0.437. The van der Waals surface area contributed by atoms with Crippen molar-refractivity contribution in [1.29, 1.82) is 0 Å². The van der Waals surface area contributed by atoms with Crippen molar-refractivity contribution in [1.82, 2.24) is 9.97 Å². The minimum Gasteiger partial charge on any atom is -0.381 e. The highest BCUT2D eigenvalue weighted by atomic mass is 15.2. The molecule has 2 N–H and O–H groups in total. The van der Waals surface area contributed by atoms with Crippen LogP contribution < -0.4 is 10.6 Å². The lowest BCUT2D eigenvalue weighted by atomic mass is 10.2. The standard InChI is InChI=1S/C16H16N4/c1-11-7-9-12(10-8-11)20(2)16-15(17)18-13-5-3-4-6-14(13)19-16/h3-10H,1-2H3,(H2,17,18). The first kappa shape index (κ1) is 12.4. The maximum Gasteiger partial charge on any atom is 0.176 e. The third kappa shape index (κ3) is 2.16. The Morgan fingerprint density at radius 2 is 1.50 bits per heavy atom. The van der Waals surface area contributed by atoms with Gasteiger partial charge in [-0.3, -0.25) is 0 Å². The zero-order valence-electron chi connectivity index (χ0n) is 11.5. The summed E-state index contributed by atoms with van der Waals surface area (Å²) >= 11 is 0. The van der Waals surface area contributed by atoms with E-state index in [2.05, 4.69) is 29.0 Å². The lowest BCUT2D eigenvalue weighted by Crippen LogP contribution is -2.14. The SMILES string of the molecule is Cc1ccc(N(C)c2nc3ccccc3nc2N)cc1. The average molecular weight is 264 g/mol. The fraction of sp³-hybridized carbons (Fsp3) is 0.125. The van der Waals surface area contributed by atoms with Crippen molar-refractivity contribution in [3.63, 3.8) is 0 Å². The molecule has 0 amide bonds. The third-order valence-electron chi connectivity index (χ3n) is 3.32. The second-order valence-electron chi connectivity index (χ2n) is 4.82. The van der Waals surface area contributed by atoms with E-state index in [1.165, 1.54) is 5.56 Å². The van der Waals surface area contributed by atoms with Gasteiger partial charge in [0, 0.05) is 12.7 Å². The maximum atomic E-state index is 6.04. The monoisotopic (exact) mass is 264 g/mol. The van der Waals surface area contributed by atoms with E-state index >= 15 is 0 Å². The van der Waals surface area contributed by atoms with Crippen LogP contribution in [0.2, 0.25) is 0 Å². The van der Waals surface area contributed by atoms with Gasteiger partial charge in [0.25, 0.3) is 0 Å². The topological polar surface area (TPSA) is 55.0 Å². The van der Waals surface area contributed by atoms with Gasteiger partial charge in [0.05, 0.1) is 11.0 Å². The molecule has 0 fully saturated rings. The van der Waals surface area contributed by atoms with Gasteiger partial charge in [-0.2, -0.15) is 0 Å². The maximum absolute atomic E-state index is 6.04. The molecule has 0 atom stereocenters. The molecule has 1 heterocycles. The van der Waals surface area contributed by atoms with Gasteiger partial charge in [-0.15, -0.1) is 0 Å². The number of benzene rings is 2. The van der Waals surface area contributed by atoms with Gasteiger partial charge in [-0.05, 0) is 31.2 Å². The number of nitrogen functional groups attached to an aromatic ring is 1. The number of para-hydroxylation sites is 2. The molecule has 2 aromatic carbocycles. The number of fused-ring (bicyclic) bond motifs is 1. The first-order valence-corrected chi connectivity index (χ1v) is 6.48. The van der Waals surface area contributed by atoms with Crippen LogP contribution in [0.4, 0.5) is 17.3 Å². The number of hydrogen-bond donors (Lipinski definition) is 1. The van der Waals surface area contributed by atoms with E-state index in [-0.39, 0.29) is 0 Å². The Labute approximate surface area is 117 Å². The Hall–Kier alpha value is -2.62. The molecule has 0 aliphatic rings. The summed E-state index contributed by atoms with van der Waals surface area (Å²) in [5.74, 6) is 1.11. The van der Waals surface area contributed by atoms with Crippen molar-refractivity contribution in [2.45, 2.75) is 6.92 Å². The zero-order valence-corrected chi connectivity index (χ0v) is 11.5. The smallest absolute Gasteiger partial charge is 0.176 e. The van der Waals surface area contributed by atoms with Crippen LogP contribution >= 0.6 is 0 Å². The minimum absolute atomic E-state index is 0.437. The molecule has 0 radical (unpaired) electrons. The van der Waals surface area contributed by atoms with Crippen molar-refractivity contribution >= 4 is 28.4 Å². The summed E-state index contributed by atoms with van der Waals surface area (Å²) in [5.41, 5.74) is 9.95. The molecule has 0 aliphatic heterocycles. The van der Waals surface area contributed by atoms with Gasteiger partial charge >= 0.3 is 0 Å². The molecule has 3 aromatic rings. The second-order valence-corrected chi connectivity index (χ2v) is 4.82. The summed E-state index contributed by atoms with van der Waals surface area (Å²) < 4.78 is 0. The Morgan fingerprint density at radius 3 is 2.15 bits per heavy atom. The van der Waals surface area contributed by atoms with Crippen LogP contribution in [0.5, 0.6) is 0 Å². The van der Waals surface area contributed by atoms with Gasteiger partial charge in [0.15, 0.2) is 11.6 Å². The average Bonchev–Trinajstić information content (AvgIpc) is 2.46. The molecular formula is C16H16N4. The fourth-order valence-electron chi connectivity index (χ4n) is 2.14. The van der Waals surface area contributed by atoms with Crippen LogP contribution in [0.15, 0.2) is 48.5 Å². The van der Waals surface area contributed by atoms with E-state index in [4.69, 9.17) is 5.73 Å². The van der Waals surface area contributed by atoms with Gasteiger partial charge < -0.3 is 10.6 Å². The van der Waals surface area contributed by atoms with Crippen LogP contribution in [0.1, 0.15) is 5.56 Å². The summed E-state index contributed by atoms with van der Waals surface area (Å²) in [5, 5.41) is 0. The Morgan fingerprint density at radius 1 is 0.900 bits per heavy atom. The van der Waals surface area contributed by atoms with Crippen LogP contribution in [-0.2, 0) is 0 Å². The summed E-state index contributed by atoms with van der Waals surface area (Å²) in [6, 6.07) is 16.0. The number of aryl methyl sites for hydroxylation is 1. The molecule has 4 heteroatoms. The molecule has 0 aliphatic carbocycles. The number of nitrogens with zero attached hydrogens (tertiary/aromatic N) is 3. The third-order valence-corrected chi connectivity index (χ3v) is 3.32. The van der Waals surface area contributed by atoms with E-state index in [1.54, 1.807) is 0 Å². The van der Waals surface area contributed by atoms with Gasteiger partial charge in [0.1, 0.15) is 0 Å². The van der Waals surface area contributed by atoms with Crippen molar-refractivity contribution < 1.29 is 0 Å². The Bertz CT molecular complexity index is 750. The van der Waals surface area contributed by atoms with E-state index < -0.39 is 0 Å². The van der Waals surface area contributed by atoms with E-state index in [1.807, 2.05) is 48.3 Å². The van der Waals surface area contributed by atoms with Gasteiger partial charge in [-0.1, -0.05) is 29.8 Å². The molecule has 4 nitrogen and oxygen atoms in total. The van der Waals surface area contributed by atoms with Crippen LogP contribution in [-0.4, -0.2) is 17.0 Å². The van der Waals surface area contributed by atoms with Crippen molar-refractivity contribution in [2.24, 2.45) is 0 Å². The Kier molecular flexibility index (Phi) is 2.99. The van der Waals surface area contributed by atoms with E-state index in [0.29, 0.717) is 11.6 Å². The predicted molar refractivity (Wildman–Crippen MR) is 83.2 cm³/mol. The molecule has 0 bridgehead atoms. The molecule has 20 heavy (non-hydrogen) atoms. The quantitative estimate of drug-likeness (QED) is 0.771. The molecule has 0 unspecified atom stereocenters. The largest absolute Gasteiger partial charge is 0.381 e.